The molecule has 0 saturated heterocycles. The van der Waals surface area contributed by atoms with E-state index >= 15 is 0 Å². The number of hydrogen-bond donors (Lipinski definition) is 1. The Labute approximate surface area is 93.2 Å². The van der Waals surface area contributed by atoms with E-state index < -0.39 is 0 Å². The average molecular weight is 258 g/mol. The molecule has 0 spiro atoms. The quantitative estimate of drug-likeness (QED) is 0.896. The van der Waals surface area contributed by atoms with Crippen LogP contribution in [0.5, 0.6) is 0 Å². The largest absolute Gasteiger partial charge is 0.454 e. The number of hydrogen-bond acceptors (Lipinski definition) is 2. The summed E-state index contributed by atoms with van der Waals surface area (Å²) in [5, 5.41) is 3.52. The molecule has 1 aromatic heterocycles. The third-order valence-electron chi connectivity index (χ3n) is 2.82. The second kappa shape index (κ2) is 4.49. The second-order valence-electron chi connectivity index (χ2n) is 3.96. The van der Waals surface area contributed by atoms with Crippen LogP contribution in [0.4, 0.5) is 0 Å². The van der Waals surface area contributed by atoms with E-state index in [1.807, 2.05) is 6.07 Å². The third-order valence-corrected chi connectivity index (χ3v) is 3.24. The van der Waals surface area contributed by atoms with Crippen molar-refractivity contribution in [2.24, 2.45) is 0 Å². The van der Waals surface area contributed by atoms with Crippen molar-refractivity contribution in [2.75, 3.05) is 6.54 Å². The van der Waals surface area contributed by atoms with Gasteiger partial charge in [-0.3, -0.25) is 0 Å². The van der Waals surface area contributed by atoms with E-state index in [2.05, 4.69) is 34.2 Å². The highest BCUT2D eigenvalue weighted by Crippen LogP contribution is 2.38. The molecule has 1 aliphatic carbocycles. The minimum atomic E-state index is 0.635. The highest BCUT2D eigenvalue weighted by atomic mass is 79.9. The monoisotopic (exact) mass is 257 g/mol. The van der Waals surface area contributed by atoms with Gasteiger partial charge in [0.2, 0.25) is 0 Å². The molecule has 0 radical (unpaired) electrons. The van der Waals surface area contributed by atoms with Crippen LogP contribution < -0.4 is 5.32 Å². The summed E-state index contributed by atoms with van der Waals surface area (Å²) in [4.78, 5) is 0. The molecule has 1 N–H and O–H groups in total. The lowest BCUT2D eigenvalue weighted by atomic mass is 9.79. The summed E-state index contributed by atoms with van der Waals surface area (Å²) in [6.07, 6.45) is 3.66. The molecule has 0 unspecified atom stereocenters. The molecular formula is C11H16BrNO. The van der Waals surface area contributed by atoms with Crippen molar-refractivity contribution in [1.29, 1.82) is 0 Å². The van der Waals surface area contributed by atoms with Gasteiger partial charge in [0.05, 0.1) is 0 Å². The van der Waals surface area contributed by atoms with Crippen LogP contribution in [-0.2, 0) is 0 Å². The SMILES string of the molecule is CCCNC1CC(c2ccc(Br)o2)C1. The molecule has 0 atom stereocenters. The lowest BCUT2D eigenvalue weighted by molar-refractivity contribution is 0.257. The molecule has 78 valence electrons. The highest BCUT2D eigenvalue weighted by Gasteiger charge is 2.31. The Hall–Kier alpha value is -0.280. The van der Waals surface area contributed by atoms with Gasteiger partial charge < -0.3 is 9.73 Å². The molecule has 0 amide bonds. The number of nitrogens with one attached hydrogen (secondary N) is 1. The average Bonchev–Trinajstić information content (AvgIpc) is 2.49. The Morgan fingerprint density at radius 1 is 1.50 bits per heavy atom. The summed E-state index contributed by atoms with van der Waals surface area (Å²) in [5.74, 6) is 1.77. The zero-order valence-corrected chi connectivity index (χ0v) is 10.0. The molecule has 1 fully saturated rings. The fourth-order valence-corrected chi connectivity index (χ4v) is 2.23. The first kappa shape index (κ1) is 10.2. The van der Waals surface area contributed by atoms with Crippen LogP contribution in [0.2, 0.25) is 0 Å². The molecule has 0 aromatic carbocycles. The zero-order chi connectivity index (χ0) is 9.97. The van der Waals surface area contributed by atoms with E-state index in [4.69, 9.17) is 4.42 Å². The van der Waals surface area contributed by atoms with Crippen LogP contribution in [0.3, 0.4) is 0 Å². The van der Waals surface area contributed by atoms with Gasteiger partial charge in [0.15, 0.2) is 4.67 Å². The van der Waals surface area contributed by atoms with Gasteiger partial charge in [0.1, 0.15) is 5.76 Å². The van der Waals surface area contributed by atoms with Gasteiger partial charge in [0.25, 0.3) is 0 Å². The summed E-state index contributed by atoms with van der Waals surface area (Å²) in [6.45, 7) is 3.34. The van der Waals surface area contributed by atoms with Gasteiger partial charge >= 0.3 is 0 Å². The van der Waals surface area contributed by atoms with E-state index in [-0.39, 0.29) is 0 Å². The maximum atomic E-state index is 5.53. The minimum Gasteiger partial charge on any atom is -0.454 e. The van der Waals surface area contributed by atoms with Crippen LogP contribution in [0.1, 0.15) is 37.9 Å². The van der Waals surface area contributed by atoms with Crippen LogP contribution in [0.25, 0.3) is 0 Å². The topological polar surface area (TPSA) is 25.2 Å². The van der Waals surface area contributed by atoms with E-state index in [1.165, 1.54) is 19.3 Å². The van der Waals surface area contributed by atoms with Crippen LogP contribution in [-0.4, -0.2) is 12.6 Å². The Bertz CT molecular complexity index is 291. The maximum Gasteiger partial charge on any atom is 0.169 e. The maximum absolute atomic E-state index is 5.53. The normalized spacial score (nSPS) is 26.1. The fourth-order valence-electron chi connectivity index (χ4n) is 1.91. The van der Waals surface area contributed by atoms with Crippen molar-refractivity contribution < 1.29 is 4.42 Å². The predicted molar refractivity (Wildman–Crippen MR) is 60.5 cm³/mol. The Morgan fingerprint density at radius 3 is 2.86 bits per heavy atom. The van der Waals surface area contributed by atoms with Crippen molar-refractivity contribution in [3.8, 4) is 0 Å². The molecule has 0 bridgehead atoms. The Morgan fingerprint density at radius 2 is 2.29 bits per heavy atom. The van der Waals surface area contributed by atoms with Gasteiger partial charge in [-0.15, -0.1) is 0 Å². The van der Waals surface area contributed by atoms with Gasteiger partial charge in [-0.05, 0) is 53.9 Å². The Balaban J connectivity index is 1.77. The van der Waals surface area contributed by atoms with Crippen molar-refractivity contribution in [3.05, 3.63) is 22.6 Å². The second-order valence-corrected chi connectivity index (χ2v) is 4.74. The number of halogens is 1. The van der Waals surface area contributed by atoms with Gasteiger partial charge in [0, 0.05) is 12.0 Å². The molecule has 0 aliphatic heterocycles. The van der Waals surface area contributed by atoms with Gasteiger partial charge in [-0.25, -0.2) is 0 Å². The Kier molecular flexibility index (Phi) is 3.29. The first-order valence-corrected chi connectivity index (χ1v) is 6.07. The zero-order valence-electron chi connectivity index (χ0n) is 8.42. The van der Waals surface area contributed by atoms with E-state index in [0.717, 1.165) is 17.0 Å². The highest BCUT2D eigenvalue weighted by molar-refractivity contribution is 9.10. The standard InChI is InChI=1S/C11H16BrNO/c1-2-5-13-9-6-8(7-9)10-3-4-11(12)14-10/h3-4,8-9,13H,2,5-7H2,1H3. The van der Waals surface area contributed by atoms with Crippen molar-refractivity contribution in [2.45, 2.75) is 38.1 Å². The van der Waals surface area contributed by atoms with Crippen LogP contribution >= 0.6 is 15.9 Å². The molecule has 1 saturated carbocycles. The first-order valence-electron chi connectivity index (χ1n) is 5.28. The summed E-state index contributed by atoms with van der Waals surface area (Å²) >= 11 is 3.33. The first-order chi connectivity index (χ1) is 6.79. The molecule has 1 heterocycles. The molecule has 14 heavy (non-hydrogen) atoms. The van der Waals surface area contributed by atoms with Gasteiger partial charge in [-0.1, -0.05) is 6.92 Å². The van der Waals surface area contributed by atoms with Crippen molar-refractivity contribution in [3.63, 3.8) is 0 Å². The molecule has 1 aromatic rings. The lowest BCUT2D eigenvalue weighted by Crippen LogP contribution is -2.40. The van der Waals surface area contributed by atoms with Crippen LogP contribution in [0, 0.1) is 0 Å². The van der Waals surface area contributed by atoms with Gasteiger partial charge in [-0.2, -0.15) is 0 Å². The van der Waals surface area contributed by atoms with Crippen LogP contribution in [0.15, 0.2) is 21.2 Å². The molecule has 1 aliphatic rings. The van der Waals surface area contributed by atoms with Crippen molar-refractivity contribution in [1.82, 2.24) is 5.32 Å². The summed E-state index contributed by atoms with van der Waals surface area (Å²) < 4.78 is 6.37. The van der Waals surface area contributed by atoms with Crippen molar-refractivity contribution >= 4 is 15.9 Å². The summed E-state index contributed by atoms with van der Waals surface area (Å²) in [7, 11) is 0. The fraction of sp³-hybridized carbons (Fsp3) is 0.636. The van der Waals surface area contributed by atoms with E-state index in [0.29, 0.717) is 12.0 Å². The number of rotatable bonds is 4. The number of furan rings is 1. The minimum absolute atomic E-state index is 0.635. The predicted octanol–water partition coefficient (Wildman–Crippen LogP) is 3.29. The summed E-state index contributed by atoms with van der Waals surface area (Å²) in [6, 6.07) is 4.76. The lowest BCUT2D eigenvalue weighted by Gasteiger charge is -2.34. The molecule has 2 rings (SSSR count). The third kappa shape index (κ3) is 2.20. The molecular weight excluding hydrogens is 242 g/mol. The van der Waals surface area contributed by atoms with E-state index in [1.54, 1.807) is 0 Å². The molecule has 3 heteroatoms. The smallest absolute Gasteiger partial charge is 0.169 e. The van der Waals surface area contributed by atoms with E-state index in [9.17, 15) is 0 Å². The molecule has 2 nitrogen and oxygen atoms in total. The summed E-state index contributed by atoms with van der Waals surface area (Å²) in [5.41, 5.74) is 0.